The molecule has 2 aliphatic rings. The second-order valence-electron chi connectivity index (χ2n) is 5.91. The van der Waals surface area contributed by atoms with Crippen LogP contribution in [0.5, 0.6) is 0 Å². The van der Waals surface area contributed by atoms with Crippen LogP contribution in [0, 0.1) is 5.82 Å². The Kier molecular flexibility index (Phi) is 4.55. The van der Waals surface area contributed by atoms with Gasteiger partial charge in [-0.05, 0) is 18.2 Å². The number of hydrogen-bond donors (Lipinski definition) is 2. The van der Waals surface area contributed by atoms with Gasteiger partial charge in [-0.3, -0.25) is 9.69 Å². The molecule has 1 aromatic rings. The quantitative estimate of drug-likeness (QED) is 0.746. The molecule has 0 saturated carbocycles. The van der Waals surface area contributed by atoms with Gasteiger partial charge in [0.05, 0.1) is 5.56 Å². The van der Waals surface area contributed by atoms with Crippen molar-refractivity contribution in [3.63, 3.8) is 0 Å². The standard InChI is InChI=1S/C15H16F4N4O2/c16-11-2-1-9(7-10(11)15(17,18)19)21-14(25)23-6-5-22-4-3-20-13(24)12(22)8-23/h1-2,7,12H,3-6,8H2,(H,20,24)(H,21,25)/t12-/m1/s1. The molecule has 3 amide bonds. The fraction of sp³-hybridized carbons (Fsp3) is 0.467. The van der Waals surface area contributed by atoms with Crippen molar-refractivity contribution in [3.8, 4) is 0 Å². The lowest BCUT2D eigenvalue weighted by atomic mass is 10.1. The normalized spacial score (nSPS) is 21.5. The van der Waals surface area contributed by atoms with E-state index in [0.717, 1.165) is 6.07 Å². The Morgan fingerprint density at radius 3 is 2.72 bits per heavy atom. The molecule has 6 nitrogen and oxygen atoms in total. The van der Waals surface area contributed by atoms with Crippen molar-refractivity contribution in [1.82, 2.24) is 15.1 Å². The highest BCUT2D eigenvalue weighted by atomic mass is 19.4. The van der Waals surface area contributed by atoms with Gasteiger partial charge < -0.3 is 15.5 Å². The third-order valence-electron chi connectivity index (χ3n) is 4.30. The van der Waals surface area contributed by atoms with Crippen LogP contribution < -0.4 is 10.6 Å². The fourth-order valence-corrected chi connectivity index (χ4v) is 2.98. The number of nitrogens with zero attached hydrogens (tertiary/aromatic N) is 2. The third kappa shape index (κ3) is 3.68. The number of rotatable bonds is 1. The molecule has 1 atom stereocenters. The highest BCUT2D eigenvalue weighted by Gasteiger charge is 2.37. The lowest BCUT2D eigenvalue weighted by molar-refractivity contribution is -0.140. The number of benzene rings is 1. The second-order valence-corrected chi connectivity index (χ2v) is 5.91. The zero-order valence-electron chi connectivity index (χ0n) is 13.1. The largest absolute Gasteiger partial charge is 0.419 e. The van der Waals surface area contributed by atoms with Crippen LogP contribution in [0.2, 0.25) is 0 Å². The van der Waals surface area contributed by atoms with E-state index < -0.39 is 29.6 Å². The number of urea groups is 1. The smallest absolute Gasteiger partial charge is 0.353 e. The molecule has 0 aromatic heterocycles. The van der Waals surface area contributed by atoms with Crippen LogP contribution in [-0.4, -0.2) is 60.5 Å². The Balaban J connectivity index is 1.69. The van der Waals surface area contributed by atoms with E-state index in [-0.39, 0.29) is 18.1 Å². The van der Waals surface area contributed by atoms with Gasteiger partial charge in [0.1, 0.15) is 11.9 Å². The molecule has 2 fully saturated rings. The van der Waals surface area contributed by atoms with Crippen LogP contribution in [0.25, 0.3) is 0 Å². The first kappa shape index (κ1) is 17.5. The predicted molar refractivity (Wildman–Crippen MR) is 80.4 cm³/mol. The van der Waals surface area contributed by atoms with E-state index in [4.69, 9.17) is 0 Å². The number of hydrogen-bond acceptors (Lipinski definition) is 3. The van der Waals surface area contributed by atoms with E-state index in [1.807, 2.05) is 4.90 Å². The molecule has 10 heteroatoms. The van der Waals surface area contributed by atoms with E-state index in [0.29, 0.717) is 38.3 Å². The molecule has 2 heterocycles. The van der Waals surface area contributed by atoms with Gasteiger partial charge in [-0.2, -0.15) is 13.2 Å². The maximum Gasteiger partial charge on any atom is 0.419 e. The minimum absolute atomic E-state index is 0.144. The SMILES string of the molecule is O=C1NCCN2CCN(C(=O)Nc3ccc(F)c(C(F)(F)F)c3)C[C@H]12. The van der Waals surface area contributed by atoms with Crippen LogP contribution in [0.15, 0.2) is 18.2 Å². The number of halogens is 4. The first-order valence-electron chi connectivity index (χ1n) is 7.70. The lowest BCUT2D eigenvalue weighted by Gasteiger charge is -2.42. The van der Waals surface area contributed by atoms with Gasteiger partial charge >= 0.3 is 12.2 Å². The molecule has 0 spiro atoms. The van der Waals surface area contributed by atoms with Gasteiger partial charge in [-0.15, -0.1) is 0 Å². The van der Waals surface area contributed by atoms with Gasteiger partial charge in [0, 0.05) is 38.4 Å². The summed E-state index contributed by atoms with van der Waals surface area (Å²) in [4.78, 5) is 27.5. The Labute approximate surface area is 140 Å². The molecular weight excluding hydrogens is 344 g/mol. The van der Waals surface area contributed by atoms with Crippen LogP contribution in [0.3, 0.4) is 0 Å². The molecule has 136 valence electrons. The maximum absolute atomic E-state index is 13.3. The monoisotopic (exact) mass is 360 g/mol. The summed E-state index contributed by atoms with van der Waals surface area (Å²) in [6, 6.07) is 1.18. The van der Waals surface area contributed by atoms with E-state index >= 15 is 0 Å². The number of nitrogens with one attached hydrogen (secondary N) is 2. The number of anilines is 1. The van der Waals surface area contributed by atoms with Crippen molar-refractivity contribution in [2.75, 3.05) is 38.0 Å². The zero-order chi connectivity index (χ0) is 18.2. The van der Waals surface area contributed by atoms with Crippen molar-refractivity contribution in [2.24, 2.45) is 0 Å². The predicted octanol–water partition coefficient (Wildman–Crippen LogP) is 1.49. The molecule has 0 radical (unpaired) electrons. The minimum atomic E-state index is -4.85. The molecule has 3 rings (SSSR count). The summed E-state index contributed by atoms with van der Waals surface area (Å²) in [7, 11) is 0. The highest BCUT2D eigenvalue weighted by molar-refractivity contribution is 5.90. The van der Waals surface area contributed by atoms with Crippen molar-refractivity contribution in [3.05, 3.63) is 29.6 Å². The minimum Gasteiger partial charge on any atom is -0.353 e. The van der Waals surface area contributed by atoms with E-state index in [2.05, 4.69) is 10.6 Å². The third-order valence-corrected chi connectivity index (χ3v) is 4.30. The first-order chi connectivity index (χ1) is 11.8. The Morgan fingerprint density at radius 2 is 2.00 bits per heavy atom. The molecule has 2 saturated heterocycles. The number of fused-ring (bicyclic) bond motifs is 1. The van der Waals surface area contributed by atoms with E-state index in [1.54, 1.807) is 0 Å². The second kappa shape index (κ2) is 6.51. The summed E-state index contributed by atoms with van der Waals surface area (Å²) in [5, 5.41) is 5.05. The summed E-state index contributed by atoms with van der Waals surface area (Å²) in [5.41, 5.74) is -1.60. The summed E-state index contributed by atoms with van der Waals surface area (Å²) in [6.07, 6.45) is -4.85. The molecule has 0 bridgehead atoms. The van der Waals surface area contributed by atoms with Crippen molar-refractivity contribution >= 4 is 17.6 Å². The molecule has 0 aliphatic carbocycles. The summed E-state index contributed by atoms with van der Waals surface area (Å²) >= 11 is 0. The van der Waals surface area contributed by atoms with Gasteiger partial charge in [0.15, 0.2) is 0 Å². The van der Waals surface area contributed by atoms with Gasteiger partial charge in [0.25, 0.3) is 0 Å². The van der Waals surface area contributed by atoms with Crippen molar-refractivity contribution < 1.29 is 27.2 Å². The van der Waals surface area contributed by atoms with Crippen LogP contribution in [-0.2, 0) is 11.0 Å². The fourth-order valence-electron chi connectivity index (χ4n) is 2.98. The van der Waals surface area contributed by atoms with Gasteiger partial charge in [0.2, 0.25) is 5.91 Å². The number of amides is 3. The van der Waals surface area contributed by atoms with E-state index in [1.165, 1.54) is 4.90 Å². The van der Waals surface area contributed by atoms with E-state index in [9.17, 15) is 27.2 Å². The Bertz CT molecular complexity index is 695. The topological polar surface area (TPSA) is 64.7 Å². The summed E-state index contributed by atoms with van der Waals surface area (Å²) < 4.78 is 51.5. The van der Waals surface area contributed by atoms with Crippen molar-refractivity contribution in [1.29, 1.82) is 0 Å². The maximum atomic E-state index is 13.3. The van der Waals surface area contributed by atoms with Crippen molar-refractivity contribution in [2.45, 2.75) is 12.2 Å². The molecule has 25 heavy (non-hydrogen) atoms. The van der Waals surface area contributed by atoms with Gasteiger partial charge in [-0.25, -0.2) is 9.18 Å². The average molecular weight is 360 g/mol. The number of alkyl halides is 3. The molecule has 1 aromatic carbocycles. The zero-order valence-corrected chi connectivity index (χ0v) is 13.1. The molecule has 0 unspecified atom stereocenters. The van der Waals surface area contributed by atoms with Crippen LogP contribution in [0.1, 0.15) is 5.56 Å². The first-order valence-corrected chi connectivity index (χ1v) is 7.70. The lowest BCUT2D eigenvalue weighted by Crippen LogP contribution is -2.64. The number of carbonyl (C=O) groups excluding carboxylic acids is 2. The highest BCUT2D eigenvalue weighted by Crippen LogP contribution is 2.33. The van der Waals surface area contributed by atoms with Crippen LogP contribution >= 0.6 is 0 Å². The molecule has 2 aliphatic heterocycles. The molecule has 2 N–H and O–H groups in total. The summed E-state index contributed by atoms with van der Waals surface area (Å²) in [5.74, 6) is -1.58. The number of piperazine rings is 2. The molecular formula is C15H16F4N4O2. The number of carbonyl (C=O) groups is 2. The van der Waals surface area contributed by atoms with Gasteiger partial charge in [-0.1, -0.05) is 0 Å². The Hall–Kier alpha value is -2.36. The Morgan fingerprint density at radius 1 is 1.24 bits per heavy atom. The average Bonchev–Trinajstić information content (AvgIpc) is 2.55. The summed E-state index contributed by atoms with van der Waals surface area (Å²) in [6.45, 7) is 2.24. The van der Waals surface area contributed by atoms with Crippen LogP contribution in [0.4, 0.5) is 28.0 Å².